The molecule has 0 bridgehead atoms. The van der Waals surface area contributed by atoms with Crippen molar-refractivity contribution in [3.05, 3.63) is 6.20 Å². The van der Waals surface area contributed by atoms with Crippen molar-refractivity contribution in [2.75, 3.05) is 16.8 Å². The van der Waals surface area contributed by atoms with E-state index in [1.54, 1.807) is 6.20 Å². The van der Waals surface area contributed by atoms with E-state index in [1.165, 1.54) is 32.1 Å². The van der Waals surface area contributed by atoms with Gasteiger partial charge < -0.3 is 16.8 Å². The molecule has 1 heterocycles. The van der Waals surface area contributed by atoms with Crippen molar-refractivity contribution in [1.29, 1.82) is 0 Å². The largest absolute Gasteiger partial charge is 0.382 e. The Morgan fingerprint density at radius 1 is 1.19 bits per heavy atom. The van der Waals surface area contributed by atoms with Crippen LogP contribution >= 0.6 is 12.4 Å². The fourth-order valence-electron chi connectivity index (χ4n) is 1.99. The molecule has 6 heteroatoms. The van der Waals surface area contributed by atoms with Gasteiger partial charge >= 0.3 is 0 Å². The van der Waals surface area contributed by atoms with Crippen LogP contribution in [0.5, 0.6) is 0 Å². The third-order valence-electron chi connectivity index (χ3n) is 2.80. The van der Waals surface area contributed by atoms with Crippen LogP contribution in [0.25, 0.3) is 0 Å². The van der Waals surface area contributed by atoms with Gasteiger partial charge in [0.2, 0.25) is 5.95 Å². The molecule has 0 amide bonds. The Hall–Kier alpha value is -1.23. The average Bonchev–Trinajstić information content (AvgIpc) is 2.24. The first-order valence-electron chi connectivity index (χ1n) is 5.40. The lowest BCUT2D eigenvalue weighted by molar-refractivity contribution is 0.462. The van der Waals surface area contributed by atoms with Gasteiger partial charge in [0, 0.05) is 6.04 Å². The monoisotopic (exact) mass is 243 g/mol. The predicted molar refractivity (Wildman–Crippen MR) is 68.6 cm³/mol. The minimum absolute atomic E-state index is 0. The number of anilines is 3. The maximum atomic E-state index is 5.74. The van der Waals surface area contributed by atoms with Gasteiger partial charge in [-0.05, 0) is 12.8 Å². The molecule has 1 aliphatic rings. The predicted octanol–water partition coefficient (Wildman–Crippen LogP) is 1.81. The fourth-order valence-corrected chi connectivity index (χ4v) is 1.99. The first-order valence-corrected chi connectivity index (χ1v) is 5.40. The third-order valence-corrected chi connectivity index (χ3v) is 2.80. The first-order chi connectivity index (χ1) is 7.25. The Balaban J connectivity index is 0.00000128. The Labute approximate surface area is 101 Å². The van der Waals surface area contributed by atoms with Crippen LogP contribution in [0.3, 0.4) is 0 Å². The molecule has 5 N–H and O–H groups in total. The van der Waals surface area contributed by atoms with E-state index in [4.69, 9.17) is 11.5 Å². The molecule has 2 rings (SSSR count). The molecule has 1 fully saturated rings. The topological polar surface area (TPSA) is 89.8 Å². The van der Waals surface area contributed by atoms with Crippen LogP contribution in [0, 0.1) is 0 Å². The van der Waals surface area contributed by atoms with Gasteiger partial charge in [-0.1, -0.05) is 19.3 Å². The summed E-state index contributed by atoms with van der Waals surface area (Å²) in [6.07, 6.45) is 7.96. The van der Waals surface area contributed by atoms with Crippen LogP contribution in [-0.4, -0.2) is 16.0 Å². The van der Waals surface area contributed by atoms with E-state index >= 15 is 0 Å². The van der Waals surface area contributed by atoms with Gasteiger partial charge in [-0.15, -0.1) is 12.4 Å². The molecule has 1 aromatic rings. The van der Waals surface area contributed by atoms with E-state index in [-0.39, 0.29) is 18.4 Å². The van der Waals surface area contributed by atoms with Gasteiger partial charge in [-0.2, -0.15) is 4.98 Å². The van der Waals surface area contributed by atoms with E-state index in [0.29, 0.717) is 11.9 Å². The molecule has 0 spiro atoms. The summed E-state index contributed by atoms with van der Waals surface area (Å²) in [6, 6.07) is 0.508. The lowest BCUT2D eigenvalue weighted by Crippen LogP contribution is -2.23. The van der Waals surface area contributed by atoms with Crippen LogP contribution in [0.1, 0.15) is 32.1 Å². The number of nitrogen functional groups attached to an aromatic ring is 2. The third kappa shape index (κ3) is 3.13. The highest BCUT2D eigenvalue weighted by Gasteiger charge is 2.14. The Bertz CT molecular complexity index is 338. The molecule has 90 valence electrons. The highest BCUT2D eigenvalue weighted by Crippen LogP contribution is 2.23. The molecule has 0 atom stereocenters. The second-order valence-corrected chi connectivity index (χ2v) is 4.01. The van der Waals surface area contributed by atoms with Crippen molar-refractivity contribution in [3.63, 3.8) is 0 Å². The molecular formula is C10H18ClN5. The van der Waals surface area contributed by atoms with E-state index < -0.39 is 0 Å². The van der Waals surface area contributed by atoms with Gasteiger partial charge in [-0.3, -0.25) is 0 Å². The summed E-state index contributed by atoms with van der Waals surface area (Å²) in [7, 11) is 0. The number of hydrogen-bond acceptors (Lipinski definition) is 5. The smallest absolute Gasteiger partial charge is 0.222 e. The number of nitrogens with zero attached hydrogens (tertiary/aromatic N) is 2. The second-order valence-electron chi connectivity index (χ2n) is 4.01. The van der Waals surface area contributed by atoms with Crippen molar-refractivity contribution in [3.8, 4) is 0 Å². The van der Waals surface area contributed by atoms with Gasteiger partial charge in [0.1, 0.15) is 0 Å². The van der Waals surface area contributed by atoms with Crippen LogP contribution in [0.15, 0.2) is 6.20 Å². The van der Waals surface area contributed by atoms with Crippen molar-refractivity contribution in [2.24, 2.45) is 0 Å². The molecule has 1 saturated carbocycles. The summed E-state index contributed by atoms with van der Waals surface area (Å²) in [4.78, 5) is 7.85. The van der Waals surface area contributed by atoms with E-state index in [9.17, 15) is 0 Å². The summed E-state index contributed by atoms with van der Waals surface area (Å²) in [5.41, 5.74) is 12.0. The summed E-state index contributed by atoms with van der Waals surface area (Å²) in [5.74, 6) is 0.662. The lowest BCUT2D eigenvalue weighted by Gasteiger charge is -2.24. The van der Waals surface area contributed by atoms with Gasteiger partial charge in [0.25, 0.3) is 0 Å². The molecule has 5 nitrogen and oxygen atoms in total. The van der Waals surface area contributed by atoms with Gasteiger partial charge in [-0.25, -0.2) is 4.98 Å². The number of halogens is 1. The zero-order valence-corrected chi connectivity index (χ0v) is 9.96. The van der Waals surface area contributed by atoms with Crippen molar-refractivity contribution in [1.82, 2.24) is 9.97 Å². The Morgan fingerprint density at radius 3 is 2.50 bits per heavy atom. The van der Waals surface area contributed by atoms with Crippen molar-refractivity contribution < 1.29 is 0 Å². The standard InChI is InChI=1S/C10H17N5.ClH/c11-9-8(6-13-10(12)15-9)14-7-4-2-1-3-5-7;/h6-7,14H,1-5H2,(H4,11,12,13,15);1H. The van der Waals surface area contributed by atoms with E-state index in [2.05, 4.69) is 15.3 Å². The average molecular weight is 244 g/mol. The summed E-state index contributed by atoms with van der Waals surface area (Å²) < 4.78 is 0. The molecular weight excluding hydrogens is 226 g/mol. The normalized spacial score (nSPS) is 16.5. The summed E-state index contributed by atoms with van der Waals surface area (Å²) >= 11 is 0. The number of nitrogens with one attached hydrogen (secondary N) is 1. The molecule has 1 aliphatic carbocycles. The zero-order chi connectivity index (χ0) is 10.7. The van der Waals surface area contributed by atoms with E-state index in [0.717, 1.165) is 5.69 Å². The number of hydrogen-bond donors (Lipinski definition) is 3. The van der Waals surface area contributed by atoms with Crippen molar-refractivity contribution >= 4 is 29.9 Å². The quantitative estimate of drug-likeness (QED) is 0.737. The molecule has 16 heavy (non-hydrogen) atoms. The minimum atomic E-state index is 0. The SMILES string of the molecule is Cl.Nc1ncc(NC2CCCCC2)c(N)n1. The molecule has 0 saturated heterocycles. The highest BCUT2D eigenvalue weighted by atomic mass is 35.5. The first kappa shape index (κ1) is 12.8. The lowest BCUT2D eigenvalue weighted by atomic mass is 9.95. The number of rotatable bonds is 2. The van der Waals surface area contributed by atoms with Crippen LogP contribution < -0.4 is 16.8 Å². The van der Waals surface area contributed by atoms with E-state index in [1.807, 2.05) is 0 Å². The fraction of sp³-hybridized carbons (Fsp3) is 0.600. The van der Waals surface area contributed by atoms with Crippen molar-refractivity contribution in [2.45, 2.75) is 38.1 Å². The molecule has 0 unspecified atom stereocenters. The Kier molecular flexibility index (Phi) is 4.61. The van der Waals surface area contributed by atoms with Crippen LogP contribution in [0.4, 0.5) is 17.5 Å². The number of aromatic nitrogens is 2. The minimum Gasteiger partial charge on any atom is -0.382 e. The molecule has 0 radical (unpaired) electrons. The molecule has 0 aliphatic heterocycles. The highest BCUT2D eigenvalue weighted by molar-refractivity contribution is 5.85. The van der Waals surface area contributed by atoms with Crippen LogP contribution in [0.2, 0.25) is 0 Å². The maximum absolute atomic E-state index is 5.74. The molecule has 0 aromatic carbocycles. The Morgan fingerprint density at radius 2 is 1.88 bits per heavy atom. The van der Waals surface area contributed by atoms with Crippen LogP contribution in [-0.2, 0) is 0 Å². The summed E-state index contributed by atoms with van der Waals surface area (Å²) in [5, 5.41) is 3.37. The number of nitrogens with two attached hydrogens (primary N) is 2. The van der Waals surface area contributed by atoms with Gasteiger partial charge in [0.15, 0.2) is 5.82 Å². The summed E-state index contributed by atoms with van der Waals surface area (Å²) in [6.45, 7) is 0. The second kappa shape index (κ2) is 5.75. The maximum Gasteiger partial charge on any atom is 0.222 e. The zero-order valence-electron chi connectivity index (χ0n) is 9.15. The molecule has 1 aromatic heterocycles. The van der Waals surface area contributed by atoms with Gasteiger partial charge in [0.05, 0.1) is 11.9 Å².